The van der Waals surface area contributed by atoms with Crippen LogP contribution in [-0.4, -0.2) is 27.4 Å². The smallest absolute Gasteiger partial charge is 0.203 e. The third-order valence-corrected chi connectivity index (χ3v) is 4.38. The van der Waals surface area contributed by atoms with Crippen molar-refractivity contribution >= 4 is 12.2 Å². The van der Waals surface area contributed by atoms with Crippen molar-refractivity contribution in [2.45, 2.75) is 26.1 Å². The Morgan fingerprint density at radius 3 is 2.62 bits per heavy atom. The molecule has 0 bridgehead atoms. The number of likely N-dealkylation sites (tertiary alicyclic amines) is 1. The zero-order valence-corrected chi connectivity index (χ0v) is 13.0. The average Bonchev–Trinajstić information content (AvgIpc) is 3.12. The van der Waals surface area contributed by atoms with Crippen LogP contribution in [0.5, 0.6) is 0 Å². The summed E-state index contributed by atoms with van der Waals surface area (Å²) in [4.78, 5) is 1.56. The van der Waals surface area contributed by atoms with E-state index in [4.69, 9.17) is 17.3 Å². The van der Waals surface area contributed by atoms with Crippen molar-refractivity contribution in [2.24, 2.45) is 0 Å². The number of aromatic nitrogens is 3. The third kappa shape index (κ3) is 2.99. The first-order valence-electron chi connectivity index (χ1n) is 7.47. The van der Waals surface area contributed by atoms with Gasteiger partial charge in [0, 0.05) is 24.9 Å². The summed E-state index contributed by atoms with van der Waals surface area (Å²) in [5, 5.41) is 4.77. The Kier molecular flexibility index (Phi) is 4.31. The van der Waals surface area contributed by atoms with Gasteiger partial charge in [0.05, 0.1) is 13.1 Å². The first kappa shape index (κ1) is 14.2. The average molecular weight is 301 g/mol. The van der Waals surface area contributed by atoms with Gasteiger partial charge in [-0.2, -0.15) is 4.68 Å². The van der Waals surface area contributed by atoms with Gasteiger partial charge in [0.2, 0.25) is 4.77 Å². The van der Waals surface area contributed by atoms with Crippen molar-refractivity contribution in [3.8, 4) is 11.4 Å². The number of hydrogen-bond acceptors (Lipinski definition) is 2. The fourth-order valence-electron chi connectivity index (χ4n) is 2.88. The van der Waals surface area contributed by atoms with Crippen LogP contribution in [0.4, 0.5) is 0 Å². The van der Waals surface area contributed by atoms with Gasteiger partial charge in [-0.1, -0.05) is 36.4 Å². The van der Waals surface area contributed by atoms with Gasteiger partial charge in [0.1, 0.15) is 0 Å². The van der Waals surface area contributed by atoms with E-state index >= 15 is 0 Å². The molecule has 2 aromatic rings. The number of quaternary nitrogens is 1. The highest BCUT2D eigenvalue weighted by molar-refractivity contribution is 7.71. The van der Waals surface area contributed by atoms with Crippen molar-refractivity contribution < 1.29 is 4.90 Å². The molecule has 1 aromatic carbocycles. The predicted molar refractivity (Wildman–Crippen MR) is 86.6 cm³/mol. The molecule has 1 aliphatic heterocycles. The SMILES string of the molecule is C=CCn1c(-c2ccccc2)nn(C[NH+]2CCCC2)c1=S. The number of hydrogen-bond donors (Lipinski definition) is 1. The Hall–Kier alpha value is -1.72. The number of allylic oxidation sites excluding steroid dienone is 1. The van der Waals surface area contributed by atoms with Gasteiger partial charge in [0.15, 0.2) is 12.5 Å². The van der Waals surface area contributed by atoms with Crippen LogP contribution >= 0.6 is 12.2 Å². The van der Waals surface area contributed by atoms with Gasteiger partial charge in [-0.3, -0.25) is 4.57 Å². The van der Waals surface area contributed by atoms with Crippen LogP contribution in [0.25, 0.3) is 11.4 Å². The number of nitrogens with zero attached hydrogens (tertiary/aromatic N) is 3. The summed E-state index contributed by atoms with van der Waals surface area (Å²) in [5.41, 5.74) is 1.10. The van der Waals surface area contributed by atoms with E-state index in [0.717, 1.165) is 22.8 Å². The highest BCUT2D eigenvalue weighted by Crippen LogP contribution is 2.17. The molecule has 0 saturated carbocycles. The zero-order valence-electron chi connectivity index (χ0n) is 12.2. The number of benzene rings is 1. The lowest BCUT2D eigenvalue weighted by Gasteiger charge is -2.10. The minimum atomic E-state index is 0.693. The summed E-state index contributed by atoms with van der Waals surface area (Å²) in [6.45, 7) is 7.83. The Bertz CT molecular complexity index is 665. The third-order valence-electron chi connectivity index (χ3n) is 3.95. The normalized spacial score (nSPS) is 15.4. The van der Waals surface area contributed by atoms with Crippen LogP contribution in [-0.2, 0) is 13.2 Å². The van der Waals surface area contributed by atoms with E-state index in [1.54, 1.807) is 4.90 Å². The van der Waals surface area contributed by atoms with Gasteiger partial charge >= 0.3 is 0 Å². The second-order valence-electron chi connectivity index (χ2n) is 5.49. The largest absolute Gasteiger partial charge is 0.316 e. The molecule has 1 saturated heterocycles. The van der Waals surface area contributed by atoms with E-state index in [9.17, 15) is 0 Å². The second kappa shape index (κ2) is 6.37. The fourth-order valence-corrected chi connectivity index (χ4v) is 3.15. The summed E-state index contributed by atoms with van der Waals surface area (Å²) in [5.74, 6) is 0.930. The van der Waals surface area contributed by atoms with E-state index in [1.165, 1.54) is 25.9 Å². The molecule has 4 nitrogen and oxygen atoms in total. The molecule has 1 N–H and O–H groups in total. The molecule has 0 aliphatic carbocycles. The molecular formula is C16H21N4S+. The van der Waals surface area contributed by atoms with Gasteiger partial charge in [0.25, 0.3) is 0 Å². The zero-order chi connectivity index (χ0) is 14.7. The van der Waals surface area contributed by atoms with Crippen molar-refractivity contribution in [2.75, 3.05) is 13.1 Å². The quantitative estimate of drug-likeness (QED) is 0.675. The molecule has 0 spiro atoms. The Balaban J connectivity index is 1.98. The maximum absolute atomic E-state index is 5.62. The summed E-state index contributed by atoms with van der Waals surface area (Å²) >= 11 is 5.62. The van der Waals surface area contributed by atoms with Crippen LogP contribution in [0, 0.1) is 4.77 Å². The monoisotopic (exact) mass is 301 g/mol. The lowest BCUT2D eigenvalue weighted by atomic mass is 10.2. The minimum Gasteiger partial charge on any atom is -0.316 e. The highest BCUT2D eigenvalue weighted by Gasteiger charge is 2.19. The molecule has 0 atom stereocenters. The lowest BCUT2D eigenvalue weighted by molar-refractivity contribution is -0.911. The molecule has 1 fully saturated rings. The van der Waals surface area contributed by atoms with Crippen LogP contribution in [0.1, 0.15) is 12.8 Å². The van der Waals surface area contributed by atoms with Crippen molar-refractivity contribution in [3.05, 3.63) is 47.8 Å². The maximum Gasteiger partial charge on any atom is 0.203 e. The minimum absolute atomic E-state index is 0.693. The molecule has 0 radical (unpaired) electrons. The Labute approximate surface area is 130 Å². The van der Waals surface area contributed by atoms with Gasteiger partial charge < -0.3 is 4.90 Å². The molecule has 5 heteroatoms. The summed E-state index contributed by atoms with van der Waals surface area (Å²) in [6, 6.07) is 10.2. The fraction of sp³-hybridized carbons (Fsp3) is 0.375. The Morgan fingerprint density at radius 2 is 1.95 bits per heavy atom. The summed E-state index contributed by atoms with van der Waals surface area (Å²) < 4.78 is 4.82. The first-order chi connectivity index (χ1) is 10.3. The van der Waals surface area contributed by atoms with Crippen LogP contribution in [0.2, 0.25) is 0 Å². The van der Waals surface area contributed by atoms with Gasteiger partial charge in [-0.25, -0.2) is 0 Å². The van der Waals surface area contributed by atoms with Gasteiger partial charge in [-0.05, 0) is 12.2 Å². The molecule has 110 valence electrons. The molecule has 21 heavy (non-hydrogen) atoms. The number of rotatable bonds is 5. The van der Waals surface area contributed by atoms with Crippen molar-refractivity contribution in [3.63, 3.8) is 0 Å². The molecule has 0 unspecified atom stereocenters. The van der Waals surface area contributed by atoms with Crippen LogP contribution in [0.3, 0.4) is 0 Å². The van der Waals surface area contributed by atoms with E-state index in [2.05, 4.69) is 23.3 Å². The van der Waals surface area contributed by atoms with E-state index in [1.807, 2.05) is 29.0 Å². The van der Waals surface area contributed by atoms with Crippen molar-refractivity contribution in [1.82, 2.24) is 14.3 Å². The van der Waals surface area contributed by atoms with Gasteiger partial charge in [-0.15, -0.1) is 11.7 Å². The highest BCUT2D eigenvalue weighted by atomic mass is 32.1. The van der Waals surface area contributed by atoms with E-state index < -0.39 is 0 Å². The van der Waals surface area contributed by atoms with E-state index in [0.29, 0.717) is 6.54 Å². The molecule has 3 rings (SSSR count). The topological polar surface area (TPSA) is 27.2 Å². The standard InChI is InChI=1S/C16H20N4S/c1-2-10-19-15(14-8-4-3-5-9-14)17-20(16(19)21)13-18-11-6-7-12-18/h2-5,8-9H,1,6-7,10-13H2/p+1. The lowest BCUT2D eigenvalue weighted by Crippen LogP contribution is -3.09. The van der Waals surface area contributed by atoms with E-state index in [-0.39, 0.29) is 0 Å². The molecule has 2 heterocycles. The molecular weight excluding hydrogens is 280 g/mol. The predicted octanol–water partition coefficient (Wildman–Crippen LogP) is 1.90. The van der Waals surface area contributed by atoms with Crippen molar-refractivity contribution in [1.29, 1.82) is 0 Å². The summed E-state index contributed by atoms with van der Waals surface area (Å²) in [6.07, 6.45) is 4.49. The molecule has 1 aliphatic rings. The van der Waals surface area contributed by atoms with Crippen LogP contribution in [0.15, 0.2) is 43.0 Å². The Morgan fingerprint density at radius 1 is 1.24 bits per heavy atom. The molecule has 1 aromatic heterocycles. The molecule has 0 amide bonds. The second-order valence-corrected chi connectivity index (χ2v) is 5.85. The number of nitrogens with one attached hydrogen (secondary N) is 1. The van der Waals surface area contributed by atoms with Crippen LogP contribution < -0.4 is 4.90 Å². The first-order valence-corrected chi connectivity index (χ1v) is 7.88. The summed E-state index contributed by atoms with van der Waals surface area (Å²) in [7, 11) is 0. The maximum atomic E-state index is 5.62.